The summed E-state index contributed by atoms with van der Waals surface area (Å²) in [6.07, 6.45) is 1.69. The van der Waals surface area contributed by atoms with E-state index in [4.69, 9.17) is 9.52 Å². The van der Waals surface area contributed by atoms with Crippen LogP contribution in [0, 0.1) is 20.8 Å². The molecule has 0 unspecified atom stereocenters. The third-order valence-electron chi connectivity index (χ3n) is 3.12. The number of rotatable bonds is 5. The lowest BCUT2D eigenvalue weighted by molar-refractivity contribution is 0.270. The van der Waals surface area contributed by atoms with Crippen molar-refractivity contribution in [3.63, 3.8) is 0 Å². The smallest absolute Gasteiger partial charge is 0.127 e. The molecule has 0 saturated carbocycles. The van der Waals surface area contributed by atoms with Crippen molar-refractivity contribution in [2.24, 2.45) is 0 Å². The average molecular weight is 249 g/mol. The summed E-state index contributed by atoms with van der Waals surface area (Å²) in [7, 11) is 0. The van der Waals surface area contributed by atoms with Gasteiger partial charge in [-0.3, -0.25) is 0 Å². The molecule has 18 heavy (non-hydrogen) atoms. The summed E-state index contributed by atoms with van der Waals surface area (Å²) in [5.41, 5.74) is 3.21. The topological polar surface area (TPSA) is 63.2 Å². The minimum absolute atomic E-state index is 0.0784. The van der Waals surface area contributed by atoms with Gasteiger partial charge in [0.1, 0.15) is 11.6 Å². The molecule has 0 bridgehead atoms. The summed E-state index contributed by atoms with van der Waals surface area (Å²) in [5, 5.41) is 16.7. The van der Waals surface area contributed by atoms with E-state index in [1.165, 1.54) is 0 Å². The van der Waals surface area contributed by atoms with Crippen LogP contribution in [0.1, 0.15) is 22.6 Å². The number of hydrogen-bond acceptors (Lipinski definition) is 4. The minimum atomic E-state index is 0.0784. The van der Waals surface area contributed by atoms with Crippen LogP contribution >= 0.6 is 0 Å². The Labute approximate surface area is 106 Å². The Hall–Kier alpha value is -1.75. The molecule has 0 spiro atoms. The molecule has 0 atom stereocenters. The number of anilines is 1. The average Bonchev–Trinajstić information content (AvgIpc) is 2.85. The third kappa shape index (κ3) is 2.41. The van der Waals surface area contributed by atoms with Gasteiger partial charge in [-0.2, -0.15) is 5.10 Å². The Bertz CT molecular complexity index is 528. The van der Waals surface area contributed by atoms with Gasteiger partial charge in [0, 0.05) is 5.56 Å². The van der Waals surface area contributed by atoms with Crippen molar-refractivity contribution in [3.05, 3.63) is 34.9 Å². The van der Waals surface area contributed by atoms with Gasteiger partial charge in [0.25, 0.3) is 0 Å². The predicted octanol–water partition coefficient (Wildman–Crippen LogP) is 2.01. The number of furan rings is 1. The maximum Gasteiger partial charge on any atom is 0.127 e. The summed E-state index contributed by atoms with van der Waals surface area (Å²) in [6.45, 7) is 7.20. The number of hydrogen-bond donors (Lipinski definition) is 2. The van der Waals surface area contributed by atoms with Crippen LogP contribution in [0.3, 0.4) is 0 Å². The Morgan fingerprint density at radius 2 is 2.17 bits per heavy atom. The second-order valence-electron chi connectivity index (χ2n) is 4.39. The summed E-state index contributed by atoms with van der Waals surface area (Å²) < 4.78 is 7.19. The molecule has 0 saturated heterocycles. The Morgan fingerprint density at radius 3 is 2.78 bits per heavy atom. The van der Waals surface area contributed by atoms with Crippen LogP contribution in [-0.2, 0) is 13.1 Å². The molecule has 2 aromatic heterocycles. The highest BCUT2D eigenvalue weighted by atomic mass is 16.3. The monoisotopic (exact) mass is 249 g/mol. The molecule has 0 radical (unpaired) electrons. The first-order valence-corrected chi connectivity index (χ1v) is 6.05. The van der Waals surface area contributed by atoms with Crippen LogP contribution in [0.4, 0.5) is 5.82 Å². The Balaban J connectivity index is 2.15. The zero-order chi connectivity index (χ0) is 13.1. The van der Waals surface area contributed by atoms with Gasteiger partial charge in [0.15, 0.2) is 0 Å². The summed E-state index contributed by atoms with van der Waals surface area (Å²) in [5.74, 6) is 1.86. The molecule has 2 rings (SSSR count). The zero-order valence-corrected chi connectivity index (χ0v) is 11.0. The molecule has 0 aliphatic carbocycles. The van der Waals surface area contributed by atoms with E-state index in [1.54, 1.807) is 10.9 Å². The van der Waals surface area contributed by atoms with E-state index in [0.717, 1.165) is 28.4 Å². The van der Waals surface area contributed by atoms with Crippen molar-refractivity contribution in [1.82, 2.24) is 9.78 Å². The second-order valence-corrected chi connectivity index (χ2v) is 4.39. The van der Waals surface area contributed by atoms with E-state index < -0.39 is 0 Å². The van der Waals surface area contributed by atoms with Gasteiger partial charge >= 0.3 is 0 Å². The summed E-state index contributed by atoms with van der Waals surface area (Å²) >= 11 is 0. The molecule has 5 heteroatoms. The number of aryl methyl sites for hydroxylation is 2. The van der Waals surface area contributed by atoms with Gasteiger partial charge in [0.05, 0.1) is 31.7 Å². The number of nitrogens with zero attached hydrogens (tertiary/aromatic N) is 2. The maximum atomic E-state index is 9.03. The molecule has 0 amide bonds. The summed E-state index contributed by atoms with van der Waals surface area (Å²) in [4.78, 5) is 0. The van der Waals surface area contributed by atoms with Crippen molar-refractivity contribution in [1.29, 1.82) is 0 Å². The van der Waals surface area contributed by atoms with Crippen molar-refractivity contribution >= 4 is 5.82 Å². The first-order chi connectivity index (χ1) is 8.63. The first-order valence-electron chi connectivity index (χ1n) is 6.05. The molecule has 2 aromatic rings. The molecule has 5 nitrogen and oxygen atoms in total. The fraction of sp³-hybridized carbons (Fsp3) is 0.462. The minimum Gasteiger partial charge on any atom is -0.467 e. The molecule has 0 aliphatic rings. The van der Waals surface area contributed by atoms with Crippen LogP contribution in [0.2, 0.25) is 0 Å². The van der Waals surface area contributed by atoms with Crippen LogP contribution in [0.15, 0.2) is 16.7 Å². The Morgan fingerprint density at radius 1 is 1.39 bits per heavy atom. The Kier molecular flexibility index (Phi) is 3.72. The van der Waals surface area contributed by atoms with Crippen LogP contribution < -0.4 is 5.32 Å². The van der Waals surface area contributed by atoms with E-state index in [9.17, 15) is 0 Å². The van der Waals surface area contributed by atoms with E-state index >= 15 is 0 Å². The highest BCUT2D eigenvalue weighted by Gasteiger charge is 2.11. The largest absolute Gasteiger partial charge is 0.467 e. The first kappa shape index (κ1) is 12.7. The lowest BCUT2D eigenvalue weighted by Gasteiger charge is -2.09. The SMILES string of the molecule is Cc1ccoc1CNc1c(C)c(C)nn1CCO. The van der Waals surface area contributed by atoms with Crippen molar-refractivity contribution in [3.8, 4) is 0 Å². The molecule has 0 aromatic carbocycles. The molecule has 0 aliphatic heterocycles. The number of aliphatic hydroxyl groups is 1. The van der Waals surface area contributed by atoms with Gasteiger partial charge in [-0.15, -0.1) is 0 Å². The predicted molar refractivity (Wildman–Crippen MR) is 69.6 cm³/mol. The van der Waals surface area contributed by atoms with Crippen molar-refractivity contribution in [2.75, 3.05) is 11.9 Å². The fourth-order valence-corrected chi connectivity index (χ4v) is 1.90. The second kappa shape index (κ2) is 5.27. The van der Waals surface area contributed by atoms with E-state index in [0.29, 0.717) is 13.1 Å². The van der Waals surface area contributed by atoms with Gasteiger partial charge in [-0.1, -0.05) is 0 Å². The zero-order valence-electron chi connectivity index (χ0n) is 11.0. The van der Waals surface area contributed by atoms with Gasteiger partial charge in [0.2, 0.25) is 0 Å². The lowest BCUT2D eigenvalue weighted by Crippen LogP contribution is -2.11. The normalized spacial score (nSPS) is 10.9. The molecule has 98 valence electrons. The highest BCUT2D eigenvalue weighted by molar-refractivity contribution is 5.47. The molecular formula is C13H19N3O2. The number of aliphatic hydroxyl groups excluding tert-OH is 1. The van der Waals surface area contributed by atoms with Crippen LogP contribution in [-0.4, -0.2) is 21.5 Å². The quantitative estimate of drug-likeness (QED) is 0.850. The van der Waals surface area contributed by atoms with Gasteiger partial charge in [-0.25, -0.2) is 4.68 Å². The lowest BCUT2D eigenvalue weighted by atomic mass is 10.2. The highest BCUT2D eigenvalue weighted by Crippen LogP contribution is 2.20. The number of aromatic nitrogens is 2. The van der Waals surface area contributed by atoms with Crippen LogP contribution in [0.25, 0.3) is 0 Å². The molecular weight excluding hydrogens is 230 g/mol. The molecule has 2 heterocycles. The molecule has 0 fully saturated rings. The summed E-state index contributed by atoms with van der Waals surface area (Å²) in [6, 6.07) is 1.94. The van der Waals surface area contributed by atoms with E-state index in [2.05, 4.69) is 10.4 Å². The maximum absolute atomic E-state index is 9.03. The third-order valence-corrected chi connectivity index (χ3v) is 3.12. The van der Waals surface area contributed by atoms with Crippen molar-refractivity contribution in [2.45, 2.75) is 33.9 Å². The van der Waals surface area contributed by atoms with Crippen LogP contribution in [0.5, 0.6) is 0 Å². The van der Waals surface area contributed by atoms with E-state index in [1.807, 2.05) is 26.8 Å². The van der Waals surface area contributed by atoms with Gasteiger partial charge < -0.3 is 14.8 Å². The van der Waals surface area contributed by atoms with Crippen molar-refractivity contribution < 1.29 is 9.52 Å². The standard InChI is InChI=1S/C13H19N3O2/c1-9-4-7-18-12(9)8-14-13-10(2)11(3)15-16(13)5-6-17/h4,7,14,17H,5-6,8H2,1-3H3. The van der Waals surface area contributed by atoms with E-state index in [-0.39, 0.29) is 6.61 Å². The molecule has 2 N–H and O–H groups in total. The fourth-order valence-electron chi connectivity index (χ4n) is 1.90. The van der Waals surface area contributed by atoms with Gasteiger partial charge in [-0.05, 0) is 32.4 Å². The number of nitrogens with one attached hydrogen (secondary N) is 1.